The van der Waals surface area contributed by atoms with Crippen molar-refractivity contribution in [2.45, 2.75) is 13.3 Å². The lowest BCUT2D eigenvalue weighted by Gasteiger charge is -2.14. The van der Waals surface area contributed by atoms with Crippen molar-refractivity contribution in [3.8, 4) is 5.69 Å². The fourth-order valence-electron chi connectivity index (χ4n) is 2.32. The van der Waals surface area contributed by atoms with Gasteiger partial charge in [-0.3, -0.25) is 9.36 Å². The smallest absolute Gasteiger partial charge is 0.266 e. The van der Waals surface area contributed by atoms with Crippen molar-refractivity contribution in [1.29, 1.82) is 0 Å². The zero-order valence-electron chi connectivity index (χ0n) is 11.3. The highest BCUT2D eigenvalue weighted by Crippen LogP contribution is 2.22. The number of nitrogens with zero attached hydrogens (tertiary/aromatic N) is 2. The molecule has 3 rings (SSSR count). The maximum Gasteiger partial charge on any atom is 0.266 e. The van der Waals surface area contributed by atoms with Crippen molar-refractivity contribution < 1.29 is 0 Å². The number of hydrogen-bond acceptors (Lipinski definition) is 2. The highest BCUT2D eigenvalue weighted by atomic mass is 79.9. The predicted molar refractivity (Wildman–Crippen MR) is 92.1 cm³/mol. The van der Waals surface area contributed by atoms with Gasteiger partial charge in [-0.25, -0.2) is 4.98 Å². The third-order valence-electron chi connectivity index (χ3n) is 3.31. The maximum absolute atomic E-state index is 12.9. The standard InChI is InChI=1S/C16H12Br2N2O/c1-2-15-19-13-8-7-10(17)9-11(13)16(21)20(15)14-6-4-3-5-12(14)18/h3-9H,2H2,1H3. The van der Waals surface area contributed by atoms with Gasteiger partial charge >= 0.3 is 0 Å². The van der Waals surface area contributed by atoms with E-state index in [4.69, 9.17) is 0 Å². The minimum Gasteiger partial charge on any atom is -0.268 e. The SMILES string of the molecule is CCc1nc2ccc(Br)cc2c(=O)n1-c1ccccc1Br. The average Bonchev–Trinajstić information content (AvgIpc) is 2.49. The van der Waals surface area contributed by atoms with Gasteiger partial charge in [-0.1, -0.05) is 35.0 Å². The summed E-state index contributed by atoms with van der Waals surface area (Å²) in [5.41, 5.74) is 1.49. The predicted octanol–water partition coefficient (Wildman–Crippen LogP) is 4.47. The van der Waals surface area contributed by atoms with Crippen molar-refractivity contribution in [2.75, 3.05) is 0 Å². The Morgan fingerprint density at radius 3 is 2.62 bits per heavy atom. The van der Waals surface area contributed by atoms with E-state index in [0.717, 1.165) is 26.0 Å². The third-order valence-corrected chi connectivity index (χ3v) is 4.47. The third kappa shape index (κ3) is 2.56. The molecule has 106 valence electrons. The molecule has 0 amide bonds. The summed E-state index contributed by atoms with van der Waals surface area (Å²) in [4.78, 5) is 17.5. The normalized spacial score (nSPS) is 11.0. The van der Waals surface area contributed by atoms with Crippen LogP contribution in [0.1, 0.15) is 12.7 Å². The molecule has 3 aromatic rings. The van der Waals surface area contributed by atoms with Gasteiger partial charge in [-0.15, -0.1) is 0 Å². The van der Waals surface area contributed by atoms with E-state index < -0.39 is 0 Å². The van der Waals surface area contributed by atoms with E-state index >= 15 is 0 Å². The van der Waals surface area contributed by atoms with Gasteiger partial charge in [0.1, 0.15) is 5.82 Å². The summed E-state index contributed by atoms with van der Waals surface area (Å²) in [6.07, 6.45) is 0.683. The highest BCUT2D eigenvalue weighted by Gasteiger charge is 2.13. The van der Waals surface area contributed by atoms with Crippen LogP contribution in [0.5, 0.6) is 0 Å². The molecular weight excluding hydrogens is 396 g/mol. The largest absolute Gasteiger partial charge is 0.268 e. The molecule has 0 aliphatic heterocycles. The van der Waals surface area contributed by atoms with E-state index in [0.29, 0.717) is 11.8 Å². The van der Waals surface area contributed by atoms with Gasteiger partial charge in [0.05, 0.1) is 16.6 Å². The van der Waals surface area contributed by atoms with Crippen molar-refractivity contribution in [3.63, 3.8) is 0 Å². The first-order valence-electron chi connectivity index (χ1n) is 6.58. The Kier molecular flexibility index (Phi) is 3.95. The van der Waals surface area contributed by atoms with E-state index in [1.165, 1.54) is 0 Å². The Hall–Kier alpha value is -1.46. The van der Waals surface area contributed by atoms with Gasteiger partial charge in [0.2, 0.25) is 0 Å². The molecule has 0 saturated carbocycles. The minimum atomic E-state index is -0.0509. The molecule has 1 heterocycles. The number of para-hydroxylation sites is 1. The maximum atomic E-state index is 12.9. The molecule has 0 saturated heterocycles. The number of benzene rings is 2. The molecule has 3 nitrogen and oxygen atoms in total. The van der Waals surface area contributed by atoms with Crippen molar-refractivity contribution >= 4 is 42.8 Å². The summed E-state index contributed by atoms with van der Waals surface area (Å²) < 4.78 is 3.42. The Balaban J connectivity index is 2.44. The van der Waals surface area contributed by atoms with E-state index in [9.17, 15) is 4.79 Å². The van der Waals surface area contributed by atoms with E-state index in [-0.39, 0.29) is 5.56 Å². The van der Waals surface area contributed by atoms with Crippen LogP contribution in [0.2, 0.25) is 0 Å². The fraction of sp³-hybridized carbons (Fsp3) is 0.125. The number of rotatable bonds is 2. The van der Waals surface area contributed by atoms with E-state index in [2.05, 4.69) is 36.8 Å². The zero-order chi connectivity index (χ0) is 15.0. The molecule has 0 radical (unpaired) electrons. The summed E-state index contributed by atoms with van der Waals surface area (Å²) >= 11 is 6.92. The first kappa shape index (κ1) is 14.5. The second kappa shape index (κ2) is 5.73. The monoisotopic (exact) mass is 406 g/mol. The van der Waals surface area contributed by atoms with Crippen LogP contribution in [0.3, 0.4) is 0 Å². The van der Waals surface area contributed by atoms with E-state index in [1.54, 1.807) is 4.57 Å². The molecule has 5 heteroatoms. The number of hydrogen-bond donors (Lipinski definition) is 0. The van der Waals surface area contributed by atoms with Gasteiger partial charge in [0, 0.05) is 15.4 Å². The summed E-state index contributed by atoms with van der Waals surface area (Å²) in [5, 5.41) is 0.609. The van der Waals surface area contributed by atoms with Crippen LogP contribution in [0.4, 0.5) is 0 Å². The van der Waals surface area contributed by atoms with Gasteiger partial charge in [-0.05, 0) is 46.3 Å². The molecule has 0 aliphatic carbocycles. The van der Waals surface area contributed by atoms with Crippen molar-refractivity contribution in [3.05, 3.63) is 67.6 Å². The lowest BCUT2D eigenvalue weighted by molar-refractivity contribution is 0.830. The Morgan fingerprint density at radius 2 is 1.90 bits per heavy atom. The van der Waals surface area contributed by atoms with Crippen LogP contribution >= 0.6 is 31.9 Å². The number of halogens is 2. The van der Waals surface area contributed by atoms with Gasteiger partial charge in [-0.2, -0.15) is 0 Å². The van der Waals surface area contributed by atoms with Gasteiger partial charge in [0.15, 0.2) is 0 Å². The fourth-order valence-corrected chi connectivity index (χ4v) is 3.15. The van der Waals surface area contributed by atoms with Crippen molar-refractivity contribution in [2.24, 2.45) is 0 Å². The molecule has 2 aromatic carbocycles. The first-order valence-corrected chi connectivity index (χ1v) is 8.16. The minimum absolute atomic E-state index is 0.0509. The van der Waals surface area contributed by atoms with Crippen LogP contribution in [0, 0.1) is 0 Å². The lowest BCUT2D eigenvalue weighted by Crippen LogP contribution is -2.24. The molecule has 0 spiro atoms. The molecule has 0 N–H and O–H groups in total. The molecular formula is C16H12Br2N2O. The topological polar surface area (TPSA) is 34.9 Å². The summed E-state index contributed by atoms with van der Waals surface area (Å²) in [6, 6.07) is 13.3. The first-order chi connectivity index (χ1) is 10.1. The second-order valence-corrected chi connectivity index (χ2v) is 6.41. The molecule has 0 unspecified atom stereocenters. The Bertz CT molecular complexity index is 887. The van der Waals surface area contributed by atoms with Gasteiger partial charge < -0.3 is 0 Å². The Morgan fingerprint density at radius 1 is 1.14 bits per heavy atom. The van der Waals surface area contributed by atoms with Crippen LogP contribution in [0.15, 0.2) is 56.2 Å². The average molecular weight is 408 g/mol. The highest BCUT2D eigenvalue weighted by molar-refractivity contribution is 9.10. The molecule has 0 atom stereocenters. The molecule has 0 bridgehead atoms. The Labute approximate surface area is 138 Å². The summed E-state index contributed by atoms with van der Waals surface area (Å²) in [5.74, 6) is 0.752. The molecule has 0 aliphatic rings. The second-order valence-electron chi connectivity index (χ2n) is 4.64. The zero-order valence-corrected chi connectivity index (χ0v) is 14.5. The number of aromatic nitrogens is 2. The van der Waals surface area contributed by atoms with Crippen LogP contribution in [-0.4, -0.2) is 9.55 Å². The summed E-state index contributed by atoms with van der Waals surface area (Å²) in [7, 11) is 0. The number of fused-ring (bicyclic) bond motifs is 1. The summed E-state index contributed by atoms with van der Waals surface area (Å²) in [6.45, 7) is 2.00. The van der Waals surface area contributed by atoms with Crippen LogP contribution < -0.4 is 5.56 Å². The van der Waals surface area contributed by atoms with Crippen LogP contribution in [-0.2, 0) is 6.42 Å². The molecule has 1 aromatic heterocycles. The van der Waals surface area contributed by atoms with Gasteiger partial charge in [0.25, 0.3) is 5.56 Å². The lowest BCUT2D eigenvalue weighted by atomic mass is 10.2. The van der Waals surface area contributed by atoms with Crippen LogP contribution in [0.25, 0.3) is 16.6 Å². The van der Waals surface area contributed by atoms with Crippen molar-refractivity contribution in [1.82, 2.24) is 9.55 Å². The quantitative estimate of drug-likeness (QED) is 0.627. The molecule has 21 heavy (non-hydrogen) atoms. The number of aryl methyl sites for hydroxylation is 1. The molecule has 0 fully saturated rings. The van der Waals surface area contributed by atoms with E-state index in [1.807, 2.05) is 49.4 Å².